The number of ether oxygens (including phenoxy) is 1. The van der Waals surface area contributed by atoms with Crippen LogP contribution in [0.3, 0.4) is 0 Å². The first-order valence-corrected chi connectivity index (χ1v) is 10.3. The summed E-state index contributed by atoms with van der Waals surface area (Å²) in [6, 6.07) is 7.60. The fourth-order valence-corrected chi connectivity index (χ4v) is 3.15. The molecule has 8 nitrogen and oxygen atoms in total. The summed E-state index contributed by atoms with van der Waals surface area (Å²) < 4.78 is 6.08. The molecule has 0 spiro atoms. The minimum Gasteiger partial charge on any atom is -0.490 e. The van der Waals surface area contributed by atoms with Gasteiger partial charge < -0.3 is 15.8 Å². The lowest BCUT2D eigenvalue weighted by atomic mass is 10.0. The molecule has 1 fully saturated rings. The molecule has 1 aromatic carbocycles. The van der Waals surface area contributed by atoms with Crippen LogP contribution in [0.5, 0.6) is 5.75 Å². The van der Waals surface area contributed by atoms with Crippen LogP contribution in [0.4, 0.5) is 5.82 Å². The second-order valence-corrected chi connectivity index (χ2v) is 7.47. The van der Waals surface area contributed by atoms with Crippen LogP contribution in [0.15, 0.2) is 60.2 Å². The molecule has 1 saturated carbocycles. The quantitative estimate of drug-likeness (QED) is 0.555. The molecule has 0 radical (unpaired) electrons. The highest BCUT2D eigenvalue weighted by Gasteiger charge is 2.25. The van der Waals surface area contributed by atoms with Gasteiger partial charge in [-0.15, -0.1) is 0 Å². The molecule has 0 saturated heterocycles. The number of rotatable bonds is 7. The van der Waals surface area contributed by atoms with Crippen LogP contribution >= 0.6 is 0 Å². The van der Waals surface area contributed by atoms with Gasteiger partial charge in [0.05, 0.1) is 29.8 Å². The zero-order valence-electron chi connectivity index (χ0n) is 17.9. The molecule has 1 aliphatic carbocycles. The fraction of sp³-hybridized carbons (Fsp3) is 0.208. The summed E-state index contributed by atoms with van der Waals surface area (Å²) in [5, 5.41) is 2.76. The van der Waals surface area contributed by atoms with Crippen molar-refractivity contribution in [1.82, 2.24) is 15.0 Å². The highest BCUT2D eigenvalue weighted by Crippen LogP contribution is 2.35. The van der Waals surface area contributed by atoms with E-state index in [-0.39, 0.29) is 12.0 Å². The average molecular weight is 428 g/mol. The van der Waals surface area contributed by atoms with E-state index in [9.17, 15) is 4.79 Å². The van der Waals surface area contributed by atoms with Gasteiger partial charge in [0, 0.05) is 43.0 Å². The van der Waals surface area contributed by atoms with Crippen LogP contribution in [-0.4, -0.2) is 40.2 Å². The SMILES string of the molecule is CN=CC(=CN)c1ccc(OC2CC2)c(-c2cnc(NC(=O)c3cnccc3C)cn2)c1. The summed E-state index contributed by atoms with van der Waals surface area (Å²) in [5.41, 5.74) is 10.2. The Kier molecular flexibility index (Phi) is 6.21. The van der Waals surface area contributed by atoms with Crippen LogP contribution in [0.25, 0.3) is 16.8 Å². The van der Waals surface area contributed by atoms with Gasteiger partial charge in [0.25, 0.3) is 5.91 Å². The first-order valence-electron chi connectivity index (χ1n) is 10.3. The van der Waals surface area contributed by atoms with Crippen molar-refractivity contribution in [3.63, 3.8) is 0 Å². The van der Waals surface area contributed by atoms with Gasteiger partial charge in [-0.2, -0.15) is 0 Å². The van der Waals surface area contributed by atoms with Gasteiger partial charge in [0.1, 0.15) is 5.75 Å². The van der Waals surface area contributed by atoms with Crippen LogP contribution in [0, 0.1) is 6.92 Å². The number of anilines is 1. The fourth-order valence-electron chi connectivity index (χ4n) is 3.15. The molecule has 32 heavy (non-hydrogen) atoms. The molecule has 0 bridgehead atoms. The van der Waals surface area contributed by atoms with E-state index in [1.165, 1.54) is 18.6 Å². The molecule has 1 amide bonds. The van der Waals surface area contributed by atoms with E-state index in [0.29, 0.717) is 17.1 Å². The summed E-state index contributed by atoms with van der Waals surface area (Å²) in [5.74, 6) is 0.801. The maximum atomic E-state index is 12.5. The molecular weight excluding hydrogens is 404 g/mol. The summed E-state index contributed by atoms with van der Waals surface area (Å²) in [6.45, 7) is 1.85. The molecule has 3 N–H and O–H groups in total. The third kappa shape index (κ3) is 4.80. The van der Waals surface area contributed by atoms with Crippen molar-refractivity contribution in [1.29, 1.82) is 0 Å². The summed E-state index contributed by atoms with van der Waals surface area (Å²) >= 11 is 0. The lowest BCUT2D eigenvalue weighted by Crippen LogP contribution is -2.14. The van der Waals surface area contributed by atoms with E-state index in [0.717, 1.165) is 40.9 Å². The minimum absolute atomic E-state index is 0.232. The highest BCUT2D eigenvalue weighted by molar-refractivity contribution is 6.10. The number of nitrogens with two attached hydrogens (primary N) is 1. The smallest absolute Gasteiger partial charge is 0.258 e. The van der Waals surface area contributed by atoms with Crippen molar-refractivity contribution in [2.45, 2.75) is 25.9 Å². The molecule has 0 atom stereocenters. The Bertz CT molecular complexity index is 1180. The van der Waals surface area contributed by atoms with Gasteiger partial charge in [-0.25, -0.2) is 4.98 Å². The number of benzene rings is 1. The number of pyridine rings is 1. The van der Waals surface area contributed by atoms with Crippen LogP contribution in [0.2, 0.25) is 0 Å². The third-order valence-corrected chi connectivity index (χ3v) is 5.03. The van der Waals surface area contributed by atoms with Crippen molar-refractivity contribution in [2.75, 3.05) is 12.4 Å². The maximum absolute atomic E-state index is 12.5. The van der Waals surface area contributed by atoms with Crippen molar-refractivity contribution >= 4 is 23.5 Å². The summed E-state index contributed by atoms with van der Waals surface area (Å²) in [6.07, 6.45) is 11.9. The number of nitrogens with zero attached hydrogens (tertiary/aromatic N) is 4. The van der Waals surface area contributed by atoms with Gasteiger partial charge in [-0.3, -0.25) is 19.8 Å². The molecule has 1 aliphatic rings. The Morgan fingerprint density at radius 3 is 2.72 bits per heavy atom. The molecule has 2 aromatic heterocycles. The second kappa shape index (κ2) is 9.38. The van der Waals surface area contributed by atoms with E-state index in [2.05, 4.69) is 25.3 Å². The monoisotopic (exact) mass is 428 g/mol. The number of allylic oxidation sites excluding steroid dienone is 1. The summed E-state index contributed by atoms with van der Waals surface area (Å²) in [4.78, 5) is 29.5. The number of carbonyl (C=O) groups excluding carboxylic acids is 1. The predicted molar refractivity (Wildman–Crippen MR) is 125 cm³/mol. The molecule has 0 unspecified atom stereocenters. The molecule has 3 aromatic rings. The zero-order valence-corrected chi connectivity index (χ0v) is 17.9. The Labute approximate surface area is 186 Å². The first kappa shape index (κ1) is 21.2. The standard InChI is InChI=1S/C24H24N6O2/c1-15-7-8-27-12-20(15)24(31)30-23-14-28-21(13-29-23)19-9-16(17(10-25)11-26-2)3-6-22(19)32-18-4-5-18/h3,6-14,18H,4-5,25H2,1-2H3,(H,29,30,31). The largest absolute Gasteiger partial charge is 0.490 e. The Morgan fingerprint density at radius 2 is 2.06 bits per heavy atom. The summed E-state index contributed by atoms with van der Waals surface area (Å²) in [7, 11) is 1.69. The van der Waals surface area contributed by atoms with Gasteiger partial charge >= 0.3 is 0 Å². The molecule has 162 valence electrons. The first-order chi connectivity index (χ1) is 15.6. The number of nitrogens with one attached hydrogen (secondary N) is 1. The molecule has 2 heterocycles. The highest BCUT2D eigenvalue weighted by atomic mass is 16.5. The van der Waals surface area contributed by atoms with Crippen molar-refractivity contribution in [2.24, 2.45) is 10.7 Å². The third-order valence-electron chi connectivity index (χ3n) is 5.03. The van der Waals surface area contributed by atoms with Crippen molar-refractivity contribution < 1.29 is 9.53 Å². The van der Waals surface area contributed by atoms with Crippen molar-refractivity contribution in [3.8, 4) is 17.0 Å². The predicted octanol–water partition coefficient (Wildman–Crippen LogP) is 3.64. The lowest BCUT2D eigenvalue weighted by Gasteiger charge is -2.13. The topological polar surface area (TPSA) is 115 Å². The number of hydrogen-bond acceptors (Lipinski definition) is 7. The second-order valence-electron chi connectivity index (χ2n) is 7.47. The minimum atomic E-state index is -0.283. The van der Waals surface area contributed by atoms with Gasteiger partial charge in [0.2, 0.25) is 0 Å². The number of carbonyl (C=O) groups is 1. The average Bonchev–Trinajstić information content (AvgIpc) is 3.63. The zero-order chi connectivity index (χ0) is 22.5. The van der Waals surface area contributed by atoms with Crippen molar-refractivity contribution in [3.05, 3.63) is 71.9 Å². The Morgan fingerprint density at radius 1 is 1.22 bits per heavy atom. The van der Waals surface area contributed by atoms with E-state index >= 15 is 0 Å². The van der Waals surface area contributed by atoms with E-state index in [1.54, 1.807) is 31.7 Å². The normalized spacial score (nSPS) is 13.9. The molecular formula is C24H24N6O2. The van der Waals surface area contributed by atoms with Gasteiger partial charge in [-0.1, -0.05) is 6.07 Å². The lowest BCUT2D eigenvalue weighted by molar-refractivity contribution is 0.102. The van der Waals surface area contributed by atoms with E-state index < -0.39 is 0 Å². The van der Waals surface area contributed by atoms with Crippen LogP contribution < -0.4 is 15.8 Å². The number of aryl methyl sites for hydroxylation is 1. The van der Waals surface area contributed by atoms with Crippen LogP contribution in [0.1, 0.15) is 34.3 Å². The molecule has 4 rings (SSSR count). The van der Waals surface area contributed by atoms with Crippen LogP contribution in [-0.2, 0) is 0 Å². The van der Waals surface area contributed by atoms with E-state index in [4.69, 9.17) is 10.5 Å². The Hall–Kier alpha value is -4.07. The van der Waals surface area contributed by atoms with Gasteiger partial charge in [-0.05, 0) is 49.1 Å². The molecule has 8 heteroatoms. The maximum Gasteiger partial charge on any atom is 0.258 e. The number of aromatic nitrogens is 3. The number of amides is 1. The Balaban J connectivity index is 1.62. The van der Waals surface area contributed by atoms with E-state index in [1.807, 2.05) is 25.1 Å². The molecule has 0 aliphatic heterocycles. The van der Waals surface area contributed by atoms with Gasteiger partial charge in [0.15, 0.2) is 5.82 Å². The number of aliphatic imine (C=N–C) groups is 1. The number of hydrogen-bond donors (Lipinski definition) is 2.